The molecule has 2 heterocycles. The van der Waals surface area contributed by atoms with Crippen molar-refractivity contribution in [2.75, 3.05) is 0 Å². The second kappa shape index (κ2) is 6.92. The van der Waals surface area contributed by atoms with E-state index in [1.807, 2.05) is 47.0 Å². The third-order valence-electron chi connectivity index (χ3n) is 4.45. The number of imidazole rings is 1. The van der Waals surface area contributed by atoms with Crippen LogP contribution in [0.3, 0.4) is 0 Å². The Morgan fingerprint density at radius 3 is 2.46 bits per heavy atom. The zero-order valence-electron chi connectivity index (χ0n) is 14.9. The van der Waals surface area contributed by atoms with Gasteiger partial charge in [0.25, 0.3) is 0 Å². The van der Waals surface area contributed by atoms with Gasteiger partial charge in [0.1, 0.15) is 11.3 Å². The summed E-state index contributed by atoms with van der Waals surface area (Å²) >= 11 is 0. The number of rotatable bonds is 4. The van der Waals surface area contributed by atoms with Crippen LogP contribution in [0.25, 0.3) is 16.9 Å². The van der Waals surface area contributed by atoms with E-state index in [-0.39, 0.29) is 0 Å². The normalized spacial score (nSPS) is 11.5. The Kier molecular flexibility index (Phi) is 4.32. The van der Waals surface area contributed by atoms with Crippen LogP contribution >= 0.6 is 0 Å². The number of hydrogen-bond donors (Lipinski definition) is 0. The van der Waals surface area contributed by atoms with Gasteiger partial charge in [-0.2, -0.15) is 0 Å². The fraction of sp³-hybridized carbons (Fsp3) is 0.136. The molecule has 4 aromatic rings. The summed E-state index contributed by atoms with van der Waals surface area (Å²) in [5, 5.41) is 9.13. The maximum absolute atomic E-state index is 4.78. The minimum absolute atomic E-state index is 0.746. The molecule has 2 aromatic carbocycles. The van der Waals surface area contributed by atoms with E-state index in [9.17, 15) is 0 Å². The van der Waals surface area contributed by atoms with Crippen molar-refractivity contribution in [1.82, 2.24) is 9.38 Å². The van der Waals surface area contributed by atoms with Gasteiger partial charge in [0, 0.05) is 11.8 Å². The third kappa shape index (κ3) is 3.02. The van der Waals surface area contributed by atoms with Gasteiger partial charge in [-0.15, -0.1) is 10.2 Å². The molecule has 0 aliphatic rings. The molecule has 4 rings (SSSR count). The molecule has 0 amide bonds. The second-order valence-corrected chi connectivity index (χ2v) is 6.26. The Morgan fingerprint density at radius 1 is 0.885 bits per heavy atom. The zero-order chi connectivity index (χ0) is 17.9. The largest absolute Gasteiger partial charge is 0.283 e. The molecule has 0 aliphatic carbocycles. The average Bonchev–Trinajstić information content (AvgIpc) is 3.05. The highest BCUT2D eigenvalue weighted by Crippen LogP contribution is 2.32. The summed E-state index contributed by atoms with van der Waals surface area (Å²) in [5.74, 6) is 0.746. The van der Waals surface area contributed by atoms with Crippen molar-refractivity contribution in [2.45, 2.75) is 20.3 Å². The van der Waals surface area contributed by atoms with E-state index in [0.29, 0.717) is 0 Å². The van der Waals surface area contributed by atoms with E-state index in [1.54, 1.807) is 0 Å². The van der Waals surface area contributed by atoms with Crippen LogP contribution in [-0.4, -0.2) is 9.38 Å². The van der Waals surface area contributed by atoms with Crippen LogP contribution in [0.1, 0.15) is 18.1 Å². The summed E-state index contributed by atoms with van der Waals surface area (Å²) < 4.78 is 1.98. The Bertz CT molecular complexity index is 1070. The topological polar surface area (TPSA) is 42.0 Å². The van der Waals surface area contributed by atoms with E-state index >= 15 is 0 Å². The first-order chi connectivity index (χ1) is 12.8. The van der Waals surface area contributed by atoms with Crippen molar-refractivity contribution in [2.24, 2.45) is 10.2 Å². The summed E-state index contributed by atoms with van der Waals surface area (Å²) in [6, 6.07) is 22.4. The maximum Gasteiger partial charge on any atom is 0.187 e. The standard InChI is InChI=1S/C22H20N4/c1-3-17-8-4-5-9-19(17)24-25-22-21(18-13-11-16(2)12-14-18)23-20-10-6-7-15-26(20)22/h4-15H,3H2,1-2H3. The number of azo groups is 1. The lowest BCUT2D eigenvalue weighted by Crippen LogP contribution is -1.83. The molecule has 0 aliphatic heterocycles. The first-order valence-corrected chi connectivity index (χ1v) is 8.80. The van der Waals surface area contributed by atoms with E-state index < -0.39 is 0 Å². The fourth-order valence-electron chi connectivity index (χ4n) is 2.99. The Labute approximate surface area is 152 Å². The summed E-state index contributed by atoms with van der Waals surface area (Å²) in [6.45, 7) is 4.20. The molecule has 2 aromatic heterocycles. The van der Waals surface area contributed by atoms with Gasteiger partial charge in [0.05, 0.1) is 5.69 Å². The number of hydrogen-bond acceptors (Lipinski definition) is 3. The summed E-state index contributed by atoms with van der Waals surface area (Å²) in [7, 11) is 0. The van der Waals surface area contributed by atoms with Crippen LogP contribution in [0, 0.1) is 6.92 Å². The molecule has 0 unspecified atom stereocenters. The van der Waals surface area contributed by atoms with Crippen LogP contribution in [0.15, 0.2) is 83.2 Å². The molecule has 26 heavy (non-hydrogen) atoms. The number of aryl methyl sites for hydroxylation is 2. The predicted octanol–water partition coefficient (Wildman–Crippen LogP) is 6.29. The van der Waals surface area contributed by atoms with E-state index in [2.05, 4.69) is 54.4 Å². The summed E-state index contributed by atoms with van der Waals surface area (Å²) in [6.07, 6.45) is 2.90. The highest BCUT2D eigenvalue weighted by molar-refractivity contribution is 5.74. The lowest BCUT2D eigenvalue weighted by molar-refractivity contribution is 1.08. The molecular weight excluding hydrogens is 320 g/mol. The van der Waals surface area contributed by atoms with Gasteiger partial charge < -0.3 is 0 Å². The fourth-order valence-corrected chi connectivity index (χ4v) is 2.99. The Morgan fingerprint density at radius 2 is 1.65 bits per heavy atom. The van der Waals surface area contributed by atoms with Crippen molar-refractivity contribution >= 4 is 17.2 Å². The molecule has 128 valence electrons. The van der Waals surface area contributed by atoms with Gasteiger partial charge >= 0.3 is 0 Å². The lowest BCUT2D eigenvalue weighted by Gasteiger charge is -2.02. The zero-order valence-corrected chi connectivity index (χ0v) is 14.9. The van der Waals surface area contributed by atoms with Gasteiger partial charge in [-0.3, -0.25) is 4.40 Å². The monoisotopic (exact) mass is 340 g/mol. The highest BCUT2D eigenvalue weighted by Gasteiger charge is 2.13. The molecule has 0 fully saturated rings. The third-order valence-corrected chi connectivity index (χ3v) is 4.45. The number of nitrogens with zero attached hydrogens (tertiary/aromatic N) is 4. The van der Waals surface area contributed by atoms with Crippen LogP contribution in [0.2, 0.25) is 0 Å². The van der Waals surface area contributed by atoms with E-state index in [1.165, 1.54) is 11.1 Å². The molecular formula is C22H20N4. The molecule has 0 saturated carbocycles. The van der Waals surface area contributed by atoms with Crippen molar-refractivity contribution in [1.29, 1.82) is 0 Å². The van der Waals surface area contributed by atoms with Crippen molar-refractivity contribution in [3.05, 3.63) is 84.1 Å². The van der Waals surface area contributed by atoms with Crippen molar-refractivity contribution < 1.29 is 0 Å². The van der Waals surface area contributed by atoms with E-state index in [4.69, 9.17) is 4.98 Å². The van der Waals surface area contributed by atoms with Crippen LogP contribution in [0.4, 0.5) is 11.5 Å². The van der Waals surface area contributed by atoms with Crippen LogP contribution in [-0.2, 0) is 6.42 Å². The Balaban J connectivity index is 1.86. The number of fused-ring (bicyclic) bond motifs is 1. The molecule has 0 N–H and O–H groups in total. The van der Waals surface area contributed by atoms with Crippen molar-refractivity contribution in [3.8, 4) is 11.3 Å². The quantitative estimate of drug-likeness (QED) is 0.403. The first-order valence-electron chi connectivity index (χ1n) is 8.80. The van der Waals surface area contributed by atoms with Crippen LogP contribution in [0.5, 0.6) is 0 Å². The minimum Gasteiger partial charge on any atom is -0.283 e. The molecule has 0 bridgehead atoms. The Hall–Kier alpha value is -3.27. The summed E-state index contributed by atoms with van der Waals surface area (Å²) in [4.78, 5) is 4.78. The van der Waals surface area contributed by atoms with Gasteiger partial charge in [-0.05, 0) is 37.1 Å². The van der Waals surface area contributed by atoms with E-state index in [0.717, 1.165) is 34.8 Å². The molecule has 4 nitrogen and oxygen atoms in total. The molecule has 0 spiro atoms. The van der Waals surface area contributed by atoms with Crippen LogP contribution < -0.4 is 0 Å². The smallest absolute Gasteiger partial charge is 0.187 e. The molecule has 4 heteroatoms. The molecule has 0 radical (unpaired) electrons. The van der Waals surface area contributed by atoms with Crippen molar-refractivity contribution in [3.63, 3.8) is 0 Å². The molecule has 0 saturated heterocycles. The maximum atomic E-state index is 4.78. The SMILES string of the molecule is CCc1ccccc1N=Nc1c(-c2ccc(C)cc2)nc2ccccn12. The van der Waals surface area contributed by atoms with Gasteiger partial charge in [0.15, 0.2) is 5.82 Å². The van der Waals surface area contributed by atoms with Gasteiger partial charge in [0.2, 0.25) is 0 Å². The van der Waals surface area contributed by atoms with Gasteiger partial charge in [-0.25, -0.2) is 4.98 Å². The number of pyridine rings is 1. The lowest BCUT2D eigenvalue weighted by atomic mass is 10.1. The number of aromatic nitrogens is 2. The minimum atomic E-state index is 0.746. The van der Waals surface area contributed by atoms with Gasteiger partial charge in [-0.1, -0.05) is 61.0 Å². The predicted molar refractivity (Wildman–Crippen MR) is 105 cm³/mol. The number of benzene rings is 2. The molecule has 0 atom stereocenters. The highest BCUT2D eigenvalue weighted by atomic mass is 15.2. The summed E-state index contributed by atoms with van der Waals surface area (Å²) in [5.41, 5.74) is 6.04. The second-order valence-electron chi connectivity index (χ2n) is 6.26. The average molecular weight is 340 g/mol. The first kappa shape index (κ1) is 16.2.